The van der Waals surface area contributed by atoms with Crippen molar-refractivity contribution in [2.75, 3.05) is 6.54 Å². The second kappa shape index (κ2) is 6.62. The van der Waals surface area contributed by atoms with Crippen LogP contribution in [-0.2, 0) is 26.9 Å². The van der Waals surface area contributed by atoms with Gasteiger partial charge in [0.25, 0.3) is 0 Å². The smallest absolute Gasteiger partial charge is 0.0850 e. The zero-order valence-electron chi connectivity index (χ0n) is 13.4. The van der Waals surface area contributed by atoms with E-state index in [1.807, 2.05) is 30.4 Å². The van der Waals surface area contributed by atoms with Crippen LogP contribution in [0, 0.1) is 6.92 Å². The molecule has 6 heteroatoms. The van der Waals surface area contributed by atoms with Crippen molar-refractivity contribution in [1.29, 1.82) is 0 Å². The van der Waals surface area contributed by atoms with Crippen LogP contribution in [0.5, 0.6) is 0 Å². The molecule has 2 aromatic rings. The number of rotatable bonds is 6. The molecule has 1 unspecified atom stereocenters. The van der Waals surface area contributed by atoms with Gasteiger partial charge in [-0.3, -0.25) is 9.36 Å². The lowest BCUT2D eigenvalue weighted by Gasteiger charge is -2.18. The minimum Gasteiger partial charge on any atom is -0.309 e. The topological polar surface area (TPSA) is 47.7 Å². The zero-order valence-corrected chi connectivity index (χ0v) is 14.2. The molecule has 0 fully saturated rings. The number of nitrogens with zero attached hydrogens (tertiary/aromatic N) is 4. The molecule has 0 radical (unpaired) electrons. The standard InChI is InChI=1S/C15H24ClN5/c1-6-11-15(16)14(21(5)19-11)9-12(17-7-2)13-8-10(3)18-20(13)4/h8,12,17H,6-7,9H2,1-5H3. The second-order valence-corrected chi connectivity index (χ2v) is 5.71. The van der Waals surface area contributed by atoms with Crippen LogP contribution in [0.2, 0.25) is 5.02 Å². The molecule has 2 heterocycles. The summed E-state index contributed by atoms with van der Waals surface area (Å²) in [6.07, 6.45) is 1.65. The van der Waals surface area contributed by atoms with Crippen molar-refractivity contribution in [3.05, 3.63) is 33.9 Å². The molecule has 0 aliphatic carbocycles. The predicted octanol–water partition coefficient (Wildman–Crippen LogP) is 2.57. The van der Waals surface area contributed by atoms with Gasteiger partial charge in [-0.25, -0.2) is 0 Å². The predicted molar refractivity (Wildman–Crippen MR) is 85.7 cm³/mol. The number of hydrogen-bond acceptors (Lipinski definition) is 3. The highest BCUT2D eigenvalue weighted by Gasteiger charge is 2.21. The Labute approximate surface area is 131 Å². The lowest BCUT2D eigenvalue weighted by Crippen LogP contribution is -2.26. The van der Waals surface area contributed by atoms with E-state index in [0.717, 1.165) is 41.5 Å². The molecular formula is C15H24ClN5. The second-order valence-electron chi connectivity index (χ2n) is 5.33. The van der Waals surface area contributed by atoms with Gasteiger partial charge in [-0.2, -0.15) is 10.2 Å². The van der Waals surface area contributed by atoms with Gasteiger partial charge in [0.15, 0.2) is 0 Å². The van der Waals surface area contributed by atoms with E-state index < -0.39 is 0 Å². The number of aryl methyl sites for hydroxylation is 4. The summed E-state index contributed by atoms with van der Waals surface area (Å²) in [6.45, 7) is 7.09. The van der Waals surface area contributed by atoms with E-state index in [4.69, 9.17) is 11.6 Å². The van der Waals surface area contributed by atoms with Crippen LogP contribution in [0.15, 0.2) is 6.07 Å². The van der Waals surface area contributed by atoms with E-state index >= 15 is 0 Å². The van der Waals surface area contributed by atoms with Crippen LogP contribution < -0.4 is 5.32 Å². The van der Waals surface area contributed by atoms with Gasteiger partial charge < -0.3 is 5.32 Å². The van der Waals surface area contributed by atoms with Gasteiger partial charge in [-0.05, 0) is 26.0 Å². The summed E-state index contributed by atoms with van der Waals surface area (Å²) < 4.78 is 3.84. The minimum atomic E-state index is 0.179. The molecule has 1 atom stereocenters. The third-order valence-electron chi connectivity index (χ3n) is 3.75. The van der Waals surface area contributed by atoms with Crippen LogP contribution in [0.3, 0.4) is 0 Å². The van der Waals surface area contributed by atoms with E-state index in [0.29, 0.717) is 0 Å². The van der Waals surface area contributed by atoms with Gasteiger partial charge in [-0.15, -0.1) is 0 Å². The summed E-state index contributed by atoms with van der Waals surface area (Å²) in [6, 6.07) is 2.30. The molecule has 2 rings (SSSR count). The van der Waals surface area contributed by atoms with E-state index in [-0.39, 0.29) is 6.04 Å². The molecule has 0 saturated heterocycles. The Bertz CT molecular complexity index is 614. The van der Waals surface area contributed by atoms with Gasteiger partial charge in [-0.1, -0.05) is 25.4 Å². The molecule has 2 aromatic heterocycles. The first-order valence-corrected chi connectivity index (χ1v) is 7.79. The molecule has 0 amide bonds. The molecule has 0 saturated carbocycles. The third-order valence-corrected chi connectivity index (χ3v) is 4.18. The number of nitrogens with one attached hydrogen (secondary N) is 1. The summed E-state index contributed by atoms with van der Waals surface area (Å²) in [4.78, 5) is 0. The Kier molecular flexibility index (Phi) is 5.06. The zero-order chi connectivity index (χ0) is 15.6. The minimum absolute atomic E-state index is 0.179. The van der Waals surface area contributed by atoms with Crippen LogP contribution >= 0.6 is 11.6 Å². The van der Waals surface area contributed by atoms with Crippen LogP contribution in [0.4, 0.5) is 0 Å². The highest BCUT2D eigenvalue weighted by Crippen LogP contribution is 2.26. The summed E-state index contributed by atoms with van der Waals surface area (Å²) in [5.74, 6) is 0. The van der Waals surface area contributed by atoms with Crippen molar-refractivity contribution in [3.8, 4) is 0 Å². The lowest BCUT2D eigenvalue weighted by atomic mass is 10.1. The molecule has 0 aliphatic heterocycles. The van der Waals surface area contributed by atoms with Crippen LogP contribution in [0.1, 0.15) is 42.7 Å². The van der Waals surface area contributed by atoms with Crippen molar-refractivity contribution in [1.82, 2.24) is 24.9 Å². The highest BCUT2D eigenvalue weighted by molar-refractivity contribution is 6.31. The molecule has 21 heavy (non-hydrogen) atoms. The van der Waals surface area contributed by atoms with Crippen molar-refractivity contribution in [3.63, 3.8) is 0 Å². The Morgan fingerprint density at radius 1 is 1.24 bits per heavy atom. The maximum atomic E-state index is 6.47. The Morgan fingerprint density at radius 2 is 1.95 bits per heavy atom. The fourth-order valence-corrected chi connectivity index (χ4v) is 3.09. The fourth-order valence-electron chi connectivity index (χ4n) is 2.72. The van der Waals surface area contributed by atoms with E-state index in [9.17, 15) is 0 Å². The molecule has 116 valence electrons. The highest BCUT2D eigenvalue weighted by atomic mass is 35.5. The van der Waals surface area contributed by atoms with Gasteiger partial charge in [0, 0.05) is 20.5 Å². The Balaban J connectivity index is 2.33. The summed E-state index contributed by atoms with van der Waals surface area (Å²) in [7, 11) is 3.94. The molecular weight excluding hydrogens is 286 g/mol. The van der Waals surface area contributed by atoms with E-state index in [1.165, 1.54) is 5.69 Å². The molecule has 5 nitrogen and oxygen atoms in total. The lowest BCUT2D eigenvalue weighted by molar-refractivity contribution is 0.493. The molecule has 0 aromatic carbocycles. The SMILES string of the molecule is CCNC(Cc1c(Cl)c(CC)nn1C)c1cc(C)nn1C. The summed E-state index contributed by atoms with van der Waals surface area (Å²) >= 11 is 6.47. The van der Waals surface area contributed by atoms with E-state index in [2.05, 4.69) is 35.4 Å². The molecule has 1 N–H and O–H groups in total. The number of aromatic nitrogens is 4. The van der Waals surface area contributed by atoms with Crippen molar-refractivity contribution >= 4 is 11.6 Å². The number of likely N-dealkylation sites (N-methyl/N-ethyl adjacent to an activating group) is 1. The molecule has 0 aliphatic rings. The van der Waals surface area contributed by atoms with Gasteiger partial charge in [0.1, 0.15) is 0 Å². The first-order valence-electron chi connectivity index (χ1n) is 7.42. The first-order chi connectivity index (χ1) is 9.97. The fraction of sp³-hybridized carbons (Fsp3) is 0.600. The molecule has 0 bridgehead atoms. The average Bonchev–Trinajstić information content (AvgIpc) is 2.90. The van der Waals surface area contributed by atoms with Crippen molar-refractivity contribution < 1.29 is 0 Å². The van der Waals surface area contributed by atoms with Crippen LogP contribution in [0.25, 0.3) is 0 Å². The van der Waals surface area contributed by atoms with Gasteiger partial charge in [0.05, 0.1) is 33.8 Å². The first kappa shape index (κ1) is 16.0. The normalized spacial score (nSPS) is 12.9. The average molecular weight is 310 g/mol. The summed E-state index contributed by atoms with van der Waals surface area (Å²) in [5.41, 5.74) is 4.23. The largest absolute Gasteiger partial charge is 0.309 e. The van der Waals surface area contributed by atoms with Crippen molar-refractivity contribution in [2.24, 2.45) is 14.1 Å². The molecule has 0 spiro atoms. The Morgan fingerprint density at radius 3 is 2.43 bits per heavy atom. The van der Waals surface area contributed by atoms with Crippen LogP contribution in [-0.4, -0.2) is 26.1 Å². The van der Waals surface area contributed by atoms with Crippen molar-refractivity contribution in [2.45, 2.75) is 39.7 Å². The van der Waals surface area contributed by atoms with Gasteiger partial charge >= 0.3 is 0 Å². The summed E-state index contributed by atoms with van der Waals surface area (Å²) in [5, 5.41) is 13.3. The van der Waals surface area contributed by atoms with Gasteiger partial charge in [0.2, 0.25) is 0 Å². The third kappa shape index (κ3) is 3.30. The quantitative estimate of drug-likeness (QED) is 0.892. The van der Waals surface area contributed by atoms with E-state index in [1.54, 1.807) is 0 Å². The monoisotopic (exact) mass is 309 g/mol. The maximum absolute atomic E-state index is 6.47. The Hall–Kier alpha value is -1.33. The number of hydrogen-bond donors (Lipinski definition) is 1. The number of halogens is 1. The maximum Gasteiger partial charge on any atom is 0.0850 e.